The first-order valence-corrected chi connectivity index (χ1v) is 7.85. The number of carboxylic acids is 1. The smallest absolute Gasteiger partial charge is 0.341 e. The number of carbonyl (C=O) groups excluding carboxylic acids is 1. The molecule has 0 heterocycles. The molecule has 0 aliphatic rings. The van der Waals surface area contributed by atoms with Gasteiger partial charge in [-0.2, -0.15) is 5.26 Å². The van der Waals surface area contributed by atoms with Crippen molar-refractivity contribution in [3.05, 3.63) is 64.7 Å². The van der Waals surface area contributed by atoms with E-state index in [2.05, 4.69) is 5.32 Å². The van der Waals surface area contributed by atoms with Crippen molar-refractivity contribution in [3.63, 3.8) is 0 Å². The van der Waals surface area contributed by atoms with Crippen LogP contribution in [0.2, 0.25) is 0 Å². The predicted molar refractivity (Wildman–Crippen MR) is 97.7 cm³/mol. The average molecular weight is 350 g/mol. The van der Waals surface area contributed by atoms with Crippen molar-refractivity contribution < 1.29 is 19.4 Å². The van der Waals surface area contributed by atoms with Crippen molar-refractivity contribution in [1.82, 2.24) is 0 Å². The second kappa shape index (κ2) is 8.49. The zero-order chi connectivity index (χ0) is 19.1. The van der Waals surface area contributed by atoms with Gasteiger partial charge in [0, 0.05) is 11.3 Å². The number of carboxylic acid groups (broad SMARTS) is 1. The molecule has 0 aliphatic carbocycles. The number of rotatable bonds is 6. The lowest BCUT2D eigenvalue weighted by atomic mass is 10.1. The van der Waals surface area contributed by atoms with Crippen LogP contribution < -0.4 is 10.1 Å². The maximum Gasteiger partial charge on any atom is 0.341 e. The zero-order valence-corrected chi connectivity index (χ0v) is 14.4. The molecule has 0 aliphatic heterocycles. The number of aryl methyl sites for hydroxylation is 2. The summed E-state index contributed by atoms with van der Waals surface area (Å²) < 4.78 is 5.19. The molecule has 2 rings (SSSR count). The van der Waals surface area contributed by atoms with Crippen molar-refractivity contribution in [1.29, 1.82) is 5.26 Å². The molecule has 0 unspecified atom stereocenters. The Morgan fingerprint density at radius 1 is 1.15 bits per heavy atom. The highest BCUT2D eigenvalue weighted by Gasteiger charge is 2.13. The fourth-order valence-corrected chi connectivity index (χ4v) is 2.37. The Kier molecular flexibility index (Phi) is 6.12. The summed E-state index contributed by atoms with van der Waals surface area (Å²) in [6.07, 6.45) is 1.38. The maximum absolute atomic E-state index is 12.5. The SMILES string of the molecule is Cc1cccc(C)c1NC(=O)/C(C#N)=C/c1ccccc1OCC(=O)O. The van der Waals surface area contributed by atoms with Crippen molar-refractivity contribution in [2.75, 3.05) is 11.9 Å². The number of ether oxygens (including phenoxy) is 1. The molecular formula is C20H18N2O4. The van der Waals surface area contributed by atoms with Crippen LogP contribution in [0, 0.1) is 25.2 Å². The molecule has 0 saturated heterocycles. The van der Waals surface area contributed by atoms with E-state index in [9.17, 15) is 14.9 Å². The van der Waals surface area contributed by atoms with Gasteiger partial charge in [-0.3, -0.25) is 4.79 Å². The molecule has 6 heteroatoms. The molecule has 0 bridgehead atoms. The van der Waals surface area contributed by atoms with E-state index in [1.165, 1.54) is 6.08 Å². The summed E-state index contributed by atoms with van der Waals surface area (Å²) in [6, 6.07) is 14.1. The van der Waals surface area contributed by atoms with Gasteiger partial charge >= 0.3 is 5.97 Å². The number of carbonyl (C=O) groups is 2. The first-order valence-electron chi connectivity index (χ1n) is 7.85. The minimum atomic E-state index is -1.11. The topological polar surface area (TPSA) is 99.4 Å². The Morgan fingerprint density at radius 3 is 2.42 bits per heavy atom. The van der Waals surface area contributed by atoms with Crippen LogP contribution in [-0.2, 0) is 9.59 Å². The summed E-state index contributed by atoms with van der Waals surface area (Å²) in [7, 11) is 0. The van der Waals surface area contributed by atoms with E-state index in [0.717, 1.165) is 11.1 Å². The van der Waals surface area contributed by atoms with Gasteiger partial charge in [0.05, 0.1) is 0 Å². The fourth-order valence-electron chi connectivity index (χ4n) is 2.37. The highest BCUT2D eigenvalue weighted by atomic mass is 16.5. The monoisotopic (exact) mass is 350 g/mol. The van der Waals surface area contributed by atoms with Gasteiger partial charge in [0.2, 0.25) is 0 Å². The van der Waals surface area contributed by atoms with E-state index < -0.39 is 18.5 Å². The molecule has 0 aromatic heterocycles. The Morgan fingerprint density at radius 2 is 1.81 bits per heavy atom. The van der Waals surface area contributed by atoms with Gasteiger partial charge in [0.15, 0.2) is 6.61 Å². The number of aliphatic carboxylic acids is 1. The number of nitrogens with zero attached hydrogens (tertiary/aromatic N) is 1. The summed E-state index contributed by atoms with van der Waals surface area (Å²) in [5.74, 6) is -1.38. The number of nitriles is 1. The van der Waals surface area contributed by atoms with E-state index in [1.54, 1.807) is 24.3 Å². The Balaban J connectivity index is 2.29. The van der Waals surface area contributed by atoms with Gasteiger partial charge in [0.1, 0.15) is 17.4 Å². The summed E-state index contributed by atoms with van der Waals surface area (Å²) in [6.45, 7) is 3.22. The molecule has 0 spiro atoms. The molecule has 0 atom stereocenters. The maximum atomic E-state index is 12.5. The lowest BCUT2D eigenvalue weighted by Crippen LogP contribution is -2.15. The van der Waals surface area contributed by atoms with E-state index in [-0.39, 0.29) is 11.3 Å². The number of hydrogen-bond acceptors (Lipinski definition) is 4. The van der Waals surface area contributed by atoms with Gasteiger partial charge in [0.25, 0.3) is 5.91 Å². The van der Waals surface area contributed by atoms with Crippen molar-refractivity contribution >= 4 is 23.6 Å². The number of anilines is 1. The van der Waals surface area contributed by atoms with Crippen LogP contribution in [0.15, 0.2) is 48.0 Å². The quantitative estimate of drug-likeness (QED) is 0.615. The van der Waals surface area contributed by atoms with E-state index in [1.807, 2.05) is 38.1 Å². The number of amides is 1. The number of nitrogens with one attached hydrogen (secondary N) is 1. The van der Waals surface area contributed by atoms with Crippen LogP contribution in [0.3, 0.4) is 0 Å². The minimum Gasteiger partial charge on any atom is -0.481 e. The highest BCUT2D eigenvalue weighted by molar-refractivity contribution is 6.10. The molecule has 2 aromatic rings. The van der Waals surface area contributed by atoms with Crippen LogP contribution in [0.25, 0.3) is 6.08 Å². The Bertz CT molecular complexity index is 890. The molecule has 6 nitrogen and oxygen atoms in total. The summed E-state index contributed by atoms with van der Waals surface area (Å²) >= 11 is 0. The second-order valence-corrected chi connectivity index (χ2v) is 5.61. The van der Waals surface area contributed by atoms with Crippen molar-refractivity contribution in [2.24, 2.45) is 0 Å². The summed E-state index contributed by atoms with van der Waals surface area (Å²) in [5, 5.41) is 20.9. The van der Waals surface area contributed by atoms with E-state index >= 15 is 0 Å². The number of hydrogen-bond donors (Lipinski definition) is 2. The molecule has 0 radical (unpaired) electrons. The molecule has 26 heavy (non-hydrogen) atoms. The summed E-state index contributed by atoms with van der Waals surface area (Å²) in [5.41, 5.74) is 2.77. The average Bonchev–Trinajstić information content (AvgIpc) is 2.61. The first-order chi connectivity index (χ1) is 12.4. The molecule has 132 valence electrons. The fraction of sp³-hybridized carbons (Fsp3) is 0.150. The lowest BCUT2D eigenvalue weighted by molar-refractivity contribution is -0.139. The molecular weight excluding hydrogens is 332 g/mol. The molecule has 1 amide bonds. The van der Waals surface area contributed by atoms with Gasteiger partial charge in [-0.25, -0.2) is 4.79 Å². The van der Waals surface area contributed by atoms with Gasteiger partial charge < -0.3 is 15.2 Å². The van der Waals surface area contributed by atoms with Crippen LogP contribution in [-0.4, -0.2) is 23.6 Å². The standard InChI is InChI=1S/C20H18N2O4/c1-13-6-5-7-14(2)19(13)22-20(25)16(11-21)10-15-8-3-4-9-17(15)26-12-18(23)24/h3-10H,12H2,1-2H3,(H,22,25)(H,23,24)/b16-10+. The molecule has 0 saturated carbocycles. The largest absolute Gasteiger partial charge is 0.481 e. The summed E-state index contributed by atoms with van der Waals surface area (Å²) in [4.78, 5) is 23.2. The van der Waals surface area contributed by atoms with E-state index in [4.69, 9.17) is 9.84 Å². The van der Waals surface area contributed by atoms with Crippen LogP contribution >= 0.6 is 0 Å². The predicted octanol–water partition coefficient (Wildman–Crippen LogP) is 3.31. The second-order valence-electron chi connectivity index (χ2n) is 5.61. The van der Waals surface area contributed by atoms with E-state index in [0.29, 0.717) is 11.3 Å². The Hall–Kier alpha value is -3.59. The van der Waals surface area contributed by atoms with Crippen molar-refractivity contribution in [3.8, 4) is 11.8 Å². The molecule has 0 fully saturated rings. The third-order valence-electron chi connectivity index (χ3n) is 3.65. The third kappa shape index (κ3) is 4.71. The molecule has 2 N–H and O–H groups in total. The van der Waals surface area contributed by atoms with Gasteiger partial charge in [-0.15, -0.1) is 0 Å². The number of benzene rings is 2. The lowest BCUT2D eigenvalue weighted by Gasteiger charge is -2.11. The zero-order valence-electron chi connectivity index (χ0n) is 14.4. The van der Waals surface area contributed by atoms with Gasteiger partial charge in [-0.1, -0.05) is 36.4 Å². The highest BCUT2D eigenvalue weighted by Crippen LogP contribution is 2.23. The molecule has 2 aromatic carbocycles. The van der Waals surface area contributed by atoms with Crippen LogP contribution in [0.4, 0.5) is 5.69 Å². The van der Waals surface area contributed by atoms with Crippen LogP contribution in [0.5, 0.6) is 5.75 Å². The first kappa shape index (κ1) is 18.7. The normalized spacial score (nSPS) is 10.7. The Labute approximate surface area is 151 Å². The van der Waals surface area contributed by atoms with Crippen molar-refractivity contribution in [2.45, 2.75) is 13.8 Å². The third-order valence-corrected chi connectivity index (χ3v) is 3.65. The van der Waals surface area contributed by atoms with Crippen LogP contribution in [0.1, 0.15) is 16.7 Å². The number of para-hydroxylation sites is 2. The minimum absolute atomic E-state index is 0.112. The van der Waals surface area contributed by atoms with Gasteiger partial charge in [-0.05, 0) is 37.1 Å².